The Balaban J connectivity index is 2.06. The molecular weight excluding hydrogens is 258 g/mol. The first-order valence-corrected chi connectivity index (χ1v) is 6.73. The van der Waals surface area contributed by atoms with Crippen molar-refractivity contribution in [2.24, 2.45) is 0 Å². The van der Waals surface area contributed by atoms with Gasteiger partial charge in [-0.15, -0.1) is 0 Å². The molecule has 0 saturated carbocycles. The summed E-state index contributed by atoms with van der Waals surface area (Å²) in [7, 11) is 0. The van der Waals surface area contributed by atoms with Crippen LogP contribution in [0.4, 0.5) is 8.78 Å². The van der Waals surface area contributed by atoms with E-state index in [1.54, 1.807) is 6.20 Å². The summed E-state index contributed by atoms with van der Waals surface area (Å²) < 4.78 is 26.6. The minimum Gasteiger partial charge on any atom is -0.304 e. The molecule has 0 radical (unpaired) electrons. The van der Waals surface area contributed by atoms with Crippen LogP contribution in [0.15, 0.2) is 36.5 Å². The van der Waals surface area contributed by atoms with Crippen molar-refractivity contribution in [2.45, 2.75) is 32.9 Å². The Morgan fingerprint density at radius 3 is 2.75 bits per heavy atom. The standard InChI is InChI=1S/C16H18F2N2/c1-3-12-5-4-8-19-16(12)10-20-11(2)14-7-6-13(17)9-15(14)18/h4-9,11,20H,3,10H2,1-2H3. The molecule has 0 fully saturated rings. The fraction of sp³-hybridized carbons (Fsp3) is 0.312. The molecule has 1 aromatic heterocycles. The summed E-state index contributed by atoms with van der Waals surface area (Å²) in [6, 6.07) is 7.39. The van der Waals surface area contributed by atoms with Gasteiger partial charge in [0.15, 0.2) is 0 Å². The molecule has 0 aliphatic heterocycles. The van der Waals surface area contributed by atoms with Crippen LogP contribution < -0.4 is 5.32 Å². The van der Waals surface area contributed by atoms with Gasteiger partial charge in [-0.1, -0.05) is 19.1 Å². The van der Waals surface area contributed by atoms with Gasteiger partial charge in [-0.3, -0.25) is 4.98 Å². The van der Waals surface area contributed by atoms with Crippen LogP contribution in [0.3, 0.4) is 0 Å². The van der Waals surface area contributed by atoms with E-state index in [2.05, 4.69) is 17.2 Å². The van der Waals surface area contributed by atoms with E-state index in [1.807, 2.05) is 19.1 Å². The van der Waals surface area contributed by atoms with Crippen LogP contribution >= 0.6 is 0 Å². The van der Waals surface area contributed by atoms with Gasteiger partial charge in [-0.05, 0) is 31.0 Å². The Morgan fingerprint density at radius 1 is 1.25 bits per heavy atom. The van der Waals surface area contributed by atoms with Gasteiger partial charge in [-0.25, -0.2) is 8.78 Å². The normalized spacial score (nSPS) is 12.4. The van der Waals surface area contributed by atoms with Gasteiger partial charge in [0.25, 0.3) is 0 Å². The number of hydrogen-bond donors (Lipinski definition) is 1. The molecule has 1 N–H and O–H groups in total. The summed E-state index contributed by atoms with van der Waals surface area (Å²) in [5.74, 6) is -1.09. The first-order valence-electron chi connectivity index (χ1n) is 6.73. The highest BCUT2D eigenvalue weighted by Crippen LogP contribution is 2.18. The number of aromatic nitrogens is 1. The van der Waals surface area contributed by atoms with Crippen LogP contribution in [0, 0.1) is 11.6 Å². The lowest BCUT2D eigenvalue weighted by molar-refractivity contribution is 0.514. The number of halogens is 2. The molecule has 0 aliphatic rings. The quantitative estimate of drug-likeness (QED) is 0.899. The fourth-order valence-corrected chi connectivity index (χ4v) is 2.16. The van der Waals surface area contributed by atoms with Crippen LogP contribution in [0.2, 0.25) is 0 Å². The molecule has 2 rings (SSSR count). The summed E-state index contributed by atoms with van der Waals surface area (Å²) in [5, 5.41) is 3.23. The first kappa shape index (κ1) is 14.6. The molecule has 1 unspecified atom stereocenters. The number of hydrogen-bond acceptors (Lipinski definition) is 2. The van der Waals surface area contributed by atoms with E-state index in [1.165, 1.54) is 17.7 Å². The van der Waals surface area contributed by atoms with Gasteiger partial charge in [0, 0.05) is 30.4 Å². The zero-order valence-electron chi connectivity index (χ0n) is 11.7. The predicted molar refractivity (Wildman–Crippen MR) is 75.2 cm³/mol. The van der Waals surface area contributed by atoms with Gasteiger partial charge < -0.3 is 5.32 Å². The van der Waals surface area contributed by atoms with E-state index < -0.39 is 11.6 Å². The second-order valence-corrected chi connectivity index (χ2v) is 4.73. The maximum absolute atomic E-state index is 13.7. The number of nitrogens with zero attached hydrogens (tertiary/aromatic N) is 1. The summed E-state index contributed by atoms with van der Waals surface area (Å²) in [4.78, 5) is 4.34. The molecule has 1 heterocycles. The zero-order chi connectivity index (χ0) is 14.5. The summed E-state index contributed by atoms with van der Waals surface area (Å²) in [6.07, 6.45) is 2.66. The topological polar surface area (TPSA) is 24.9 Å². The summed E-state index contributed by atoms with van der Waals surface area (Å²) >= 11 is 0. The molecular formula is C16H18F2N2. The molecule has 0 saturated heterocycles. The van der Waals surface area contributed by atoms with Crippen LogP contribution in [-0.2, 0) is 13.0 Å². The number of rotatable bonds is 5. The van der Waals surface area contributed by atoms with Crippen molar-refractivity contribution in [3.8, 4) is 0 Å². The van der Waals surface area contributed by atoms with E-state index >= 15 is 0 Å². The second-order valence-electron chi connectivity index (χ2n) is 4.73. The van der Waals surface area contributed by atoms with Gasteiger partial charge in [0.1, 0.15) is 11.6 Å². The minimum absolute atomic E-state index is 0.206. The van der Waals surface area contributed by atoms with Crippen molar-refractivity contribution in [2.75, 3.05) is 0 Å². The molecule has 0 spiro atoms. The molecule has 2 nitrogen and oxygen atoms in total. The molecule has 4 heteroatoms. The smallest absolute Gasteiger partial charge is 0.130 e. The Hall–Kier alpha value is -1.81. The highest BCUT2D eigenvalue weighted by Gasteiger charge is 2.12. The lowest BCUT2D eigenvalue weighted by Crippen LogP contribution is -2.20. The second kappa shape index (κ2) is 6.57. The third-order valence-electron chi connectivity index (χ3n) is 3.37. The van der Waals surface area contributed by atoms with Gasteiger partial charge in [0.05, 0.1) is 5.69 Å². The number of nitrogens with one attached hydrogen (secondary N) is 1. The van der Waals surface area contributed by atoms with Crippen LogP contribution in [0.5, 0.6) is 0 Å². The molecule has 20 heavy (non-hydrogen) atoms. The van der Waals surface area contributed by atoms with Crippen molar-refractivity contribution < 1.29 is 8.78 Å². The first-order chi connectivity index (χ1) is 9.61. The van der Waals surface area contributed by atoms with Crippen LogP contribution in [0.25, 0.3) is 0 Å². The number of pyridine rings is 1. The lowest BCUT2D eigenvalue weighted by atomic mass is 10.1. The SMILES string of the molecule is CCc1cccnc1CNC(C)c1ccc(F)cc1F. The van der Waals surface area contributed by atoms with Crippen molar-refractivity contribution in [1.29, 1.82) is 0 Å². The van der Waals surface area contributed by atoms with Gasteiger partial charge >= 0.3 is 0 Å². The monoisotopic (exact) mass is 276 g/mol. The fourth-order valence-electron chi connectivity index (χ4n) is 2.16. The average Bonchev–Trinajstić information content (AvgIpc) is 2.45. The largest absolute Gasteiger partial charge is 0.304 e. The van der Waals surface area contributed by atoms with Gasteiger partial charge in [-0.2, -0.15) is 0 Å². The Bertz CT molecular complexity index is 584. The molecule has 1 atom stereocenters. The molecule has 0 aliphatic carbocycles. The van der Waals surface area contributed by atoms with E-state index in [9.17, 15) is 8.78 Å². The molecule has 1 aromatic carbocycles. The van der Waals surface area contributed by atoms with Crippen molar-refractivity contribution in [3.05, 3.63) is 65.0 Å². The third kappa shape index (κ3) is 3.39. The number of benzene rings is 1. The van der Waals surface area contributed by atoms with Crippen LogP contribution in [0.1, 0.15) is 36.7 Å². The van der Waals surface area contributed by atoms with E-state index in [0.29, 0.717) is 12.1 Å². The van der Waals surface area contributed by atoms with Crippen LogP contribution in [-0.4, -0.2) is 4.98 Å². The highest BCUT2D eigenvalue weighted by molar-refractivity contribution is 5.23. The maximum atomic E-state index is 13.7. The van der Waals surface area contributed by atoms with E-state index in [4.69, 9.17) is 0 Å². The van der Waals surface area contributed by atoms with Crippen molar-refractivity contribution in [1.82, 2.24) is 10.3 Å². The lowest BCUT2D eigenvalue weighted by Gasteiger charge is -2.16. The van der Waals surface area contributed by atoms with Crippen molar-refractivity contribution >= 4 is 0 Å². The summed E-state index contributed by atoms with van der Waals surface area (Å²) in [5.41, 5.74) is 2.59. The third-order valence-corrected chi connectivity index (χ3v) is 3.37. The highest BCUT2D eigenvalue weighted by atomic mass is 19.1. The Labute approximate surface area is 117 Å². The number of aryl methyl sites for hydroxylation is 1. The van der Waals surface area contributed by atoms with Crippen molar-refractivity contribution in [3.63, 3.8) is 0 Å². The van der Waals surface area contributed by atoms with E-state index in [-0.39, 0.29) is 6.04 Å². The Kier molecular flexibility index (Phi) is 4.79. The zero-order valence-corrected chi connectivity index (χ0v) is 11.7. The maximum Gasteiger partial charge on any atom is 0.130 e. The molecule has 106 valence electrons. The predicted octanol–water partition coefficient (Wildman–Crippen LogP) is 3.77. The molecule has 0 amide bonds. The minimum atomic E-state index is -0.559. The van der Waals surface area contributed by atoms with Gasteiger partial charge in [0.2, 0.25) is 0 Å². The molecule has 0 bridgehead atoms. The molecule has 2 aromatic rings. The average molecular weight is 276 g/mol. The summed E-state index contributed by atoms with van der Waals surface area (Å²) in [6.45, 7) is 4.48. The Morgan fingerprint density at radius 2 is 2.05 bits per heavy atom. The van der Waals surface area contributed by atoms with E-state index in [0.717, 1.165) is 18.2 Å².